The molecule has 1 heterocycles. The lowest BCUT2D eigenvalue weighted by molar-refractivity contribution is 0.102. The SMILES string of the molecule is CCN(CC)c1ccc(C(=O)Nc2cccc(N3CCCCC3)c2)cc1. The van der Waals surface area contributed by atoms with Crippen LogP contribution in [0.2, 0.25) is 0 Å². The number of amides is 1. The summed E-state index contributed by atoms with van der Waals surface area (Å²) < 4.78 is 0. The maximum Gasteiger partial charge on any atom is 0.255 e. The quantitative estimate of drug-likeness (QED) is 0.814. The van der Waals surface area contributed by atoms with Crippen molar-refractivity contribution in [2.75, 3.05) is 41.3 Å². The number of hydrogen-bond acceptors (Lipinski definition) is 3. The minimum absolute atomic E-state index is 0.0631. The second-order valence-electron chi connectivity index (χ2n) is 6.77. The maximum absolute atomic E-state index is 12.6. The lowest BCUT2D eigenvalue weighted by atomic mass is 10.1. The van der Waals surface area contributed by atoms with Crippen molar-refractivity contribution in [2.24, 2.45) is 0 Å². The zero-order chi connectivity index (χ0) is 18.4. The van der Waals surface area contributed by atoms with Crippen molar-refractivity contribution in [2.45, 2.75) is 33.1 Å². The van der Waals surface area contributed by atoms with E-state index >= 15 is 0 Å². The first-order valence-electron chi connectivity index (χ1n) is 9.72. The van der Waals surface area contributed by atoms with Crippen LogP contribution in [0.5, 0.6) is 0 Å². The molecule has 0 unspecified atom stereocenters. The van der Waals surface area contributed by atoms with E-state index in [1.807, 2.05) is 36.4 Å². The van der Waals surface area contributed by atoms with Crippen molar-refractivity contribution >= 4 is 23.0 Å². The molecule has 0 aliphatic carbocycles. The van der Waals surface area contributed by atoms with E-state index in [0.717, 1.165) is 37.6 Å². The molecule has 4 heteroatoms. The molecule has 1 fully saturated rings. The molecule has 138 valence electrons. The molecule has 1 aliphatic heterocycles. The number of nitrogens with one attached hydrogen (secondary N) is 1. The van der Waals surface area contributed by atoms with Gasteiger partial charge in [0.25, 0.3) is 5.91 Å². The van der Waals surface area contributed by atoms with Gasteiger partial charge in [0.2, 0.25) is 0 Å². The van der Waals surface area contributed by atoms with Gasteiger partial charge in [-0.25, -0.2) is 0 Å². The van der Waals surface area contributed by atoms with Crippen LogP contribution in [0.4, 0.5) is 17.1 Å². The van der Waals surface area contributed by atoms with E-state index in [-0.39, 0.29) is 5.91 Å². The Labute approximate surface area is 156 Å². The lowest BCUT2D eigenvalue weighted by Crippen LogP contribution is -2.29. The third-order valence-electron chi connectivity index (χ3n) is 5.08. The summed E-state index contributed by atoms with van der Waals surface area (Å²) in [6.45, 7) is 8.41. The smallest absolute Gasteiger partial charge is 0.255 e. The van der Waals surface area contributed by atoms with Gasteiger partial charge >= 0.3 is 0 Å². The van der Waals surface area contributed by atoms with Crippen LogP contribution >= 0.6 is 0 Å². The molecule has 2 aromatic carbocycles. The Bertz CT molecular complexity index is 716. The van der Waals surface area contributed by atoms with Gasteiger partial charge in [0, 0.05) is 48.8 Å². The second kappa shape index (κ2) is 8.75. The van der Waals surface area contributed by atoms with E-state index in [1.54, 1.807) is 0 Å². The number of piperidine rings is 1. The standard InChI is InChI=1S/C22H29N3O/c1-3-24(4-2)20-13-11-18(12-14-20)22(26)23-19-9-8-10-21(17-19)25-15-6-5-7-16-25/h8-14,17H,3-7,15-16H2,1-2H3,(H,23,26). The van der Waals surface area contributed by atoms with Gasteiger partial charge in [-0.05, 0) is 75.6 Å². The summed E-state index contributed by atoms with van der Waals surface area (Å²) in [4.78, 5) is 17.3. The van der Waals surface area contributed by atoms with Gasteiger partial charge in [-0.2, -0.15) is 0 Å². The van der Waals surface area contributed by atoms with Crippen LogP contribution in [0.25, 0.3) is 0 Å². The molecule has 0 atom stereocenters. The van der Waals surface area contributed by atoms with E-state index in [0.29, 0.717) is 5.56 Å². The third-order valence-corrected chi connectivity index (χ3v) is 5.08. The fourth-order valence-corrected chi connectivity index (χ4v) is 3.55. The molecule has 0 bridgehead atoms. The first kappa shape index (κ1) is 18.3. The average molecular weight is 351 g/mol. The van der Waals surface area contributed by atoms with Crippen LogP contribution in [-0.2, 0) is 0 Å². The van der Waals surface area contributed by atoms with E-state index in [2.05, 4.69) is 41.1 Å². The molecule has 3 rings (SSSR count). The van der Waals surface area contributed by atoms with E-state index in [9.17, 15) is 4.79 Å². The monoisotopic (exact) mass is 351 g/mol. The highest BCUT2D eigenvalue weighted by molar-refractivity contribution is 6.04. The van der Waals surface area contributed by atoms with E-state index in [1.165, 1.54) is 24.9 Å². The zero-order valence-corrected chi connectivity index (χ0v) is 15.9. The predicted molar refractivity (Wildman–Crippen MR) is 110 cm³/mol. The number of rotatable bonds is 6. The van der Waals surface area contributed by atoms with Crippen molar-refractivity contribution in [3.63, 3.8) is 0 Å². The fourth-order valence-electron chi connectivity index (χ4n) is 3.55. The molecular formula is C22H29N3O. The van der Waals surface area contributed by atoms with Gasteiger partial charge in [0.1, 0.15) is 0 Å². The number of nitrogens with zero attached hydrogens (tertiary/aromatic N) is 2. The molecule has 1 N–H and O–H groups in total. The molecule has 0 spiro atoms. The maximum atomic E-state index is 12.6. The number of carbonyl (C=O) groups is 1. The number of hydrogen-bond donors (Lipinski definition) is 1. The largest absolute Gasteiger partial charge is 0.372 e. The first-order chi connectivity index (χ1) is 12.7. The van der Waals surface area contributed by atoms with Crippen molar-refractivity contribution in [3.05, 3.63) is 54.1 Å². The highest BCUT2D eigenvalue weighted by Gasteiger charge is 2.12. The van der Waals surface area contributed by atoms with Crippen LogP contribution in [0, 0.1) is 0 Å². The van der Waals surface area contributed by atoms with Crippen molar-refractivity contribution in [1.82, 2.24) is 0 Å². The topological polar surface area (TPSA) is 35.6 Å². The molecule has 4 nitrogen and oxygen atoms in total. The number of benzene rings is 2. The predicted octanol–water partition coefficient (Wildman–Crippen LogP) is 4.78. The zero-order valence-electron chi connectivity index (χ0n) is 15.9. The third kappa shape index (κ3) is 4.37. The van der Waals surface area contributed by atoms with Crippen molar-refractivity contribution < 1.29 is 4.79 Å². The van der Waals surface area contributed by atoms with Gasteiger partial charge in [-0.1, -0.05) is 6.07 Å². The molecule has 26 heavy (non-hydrogen) atoms. The summed E-state index contributed by atoms with van der Waals surface area (Å²) in [7, 11) is 0. The minimum Gasteiger partial charge on any atom is -0.372 e. The average Bonchev–Trinajstić information content (AvgIpc) is 2.70. The Morgan fingerprint density at radius 1 is 1.00 bits per heavy atom. The van der Waals surface area contributed by atoms with E-state index < -0.39 is 0 Å². The van der Waals surface area contributed by atoms with E-state index in [4.69, 9.17) is 0 Å². The normalized spacial score (nSPS) is 14.2. The van der Waals surface area contributed by atoms with Crippen LogP contribution < -0.4 is 15.1 Å². The van der Waals surface area contributed by atoms with Crippen LogP contribution in [0.15, 0.2) is 48.5 Å². The molecular weight excluding hydrogens is 322 g/mol. The molecule has 0 radical (unpaired) electrons. The number of anilines is 3. The Morgan fingerprint density at radius 3 is 2.35 bits per heavy atom. The summed E-state index contributed by atoms with van der Waals surface area (Å²) in [5, 5.41) is 3.04. The molecule has 2 aromatic rings. The Kier molecular flexibility index (Phi) is 6.16. The summed E-state index contributed by atoms with van der Waals surface area (Å²) in [6, 6.07) is 16.0. The van der Waals surface area contributed by atoms with Crippen molar-refractivity contribution in [3.8, 4) is 0 Å². The number of carbonyl (C=O) groups excluding carboxylic acids is 1. The highest BCUT2D eigenvalue weighted by Crippen LogP contribution is 2.23. The van der Waals surface area contributed by atoms with Crippen molar-refractivity contribution in [1.29, 1.82) is 0 Å². The van der Waals surface area contributed by atoms with Gasteiger partial charge < -0.3 is 15.1 Å². The molecule has 1 saturated heterocycles. The summed E-state index contributed by atoms with van der Waals surface area (Å²) in [6.07, 6.45) is 3.81. The minimum atomic E-state index is -0.0631. The first-order valence-corrected chi connectivity index (χ1v) is 9.72. The van der Waals surface area contributed by atoms with Gasteiger partial charge in [-0.3, -0.25) is 4.79 Å². The molecule has 0 aromatic heterocycles. The van der Waals surface area contributed by atoms with Gasteiger partial charge in [0.15, 0.2) is 0 Å². The van der Waals surface area contributed by atoms with Crippen LogP contribution in [-0.4, -0.2) is 32.1 Å². The van der Waals surface area contributed by atoms with Gasteiger partial charge in [-0.15, -0.1) is 0 Å². The van der Waals surface area contributed by atoms with Gasteiger partial charge in [0.05, 0.1) is 0 Å². The molecule has 1 amide bonds. The molecule has 0 saturated carbocycles. The fraction of sp³-hybridized carbons (Fsp3) is 0.409. The van der Waals surface area contributed by atoms with Crippen LogP contribution in [0.3, 0.4) is 0 Å². The summed E-state index contributed by atoms with van der Waals surface area (Å²) >= 11 is 0. The van der Waals surface area contributed by atoms with Crippen LogP contribution in [0.1, 0.15) is 43.5 Å². The lowest BCUT2D eigenvalue weighted by Gasteiger charge is -2.29. The summed E-state index contributed by atoms with van der Waals surface area (Å²) in [5.74, 6) is -0.0631. The highest BCUT2D eigenvalue weighted by atomic mass is 16.1. The summed E-state index contributed by atoms with van der Waals surface area (Å²) in [5.41, 5.74) is 3.88. The Morgan fingerprint density at radius 2 is 1.69 bits per heavy atom. The Hall–Kier alpha value is -2.49. The molecule has 1 aliphatic rings. The Balaban J connectivity index is 1.67. The second-order valence-corrected chi connectivity index (χ2v) is 6.77.